The lowest BCUT2D eigenvalue weighted by Crippen LogP contribution is -2.43. The summed E-state index contributed by atoms with van der Waals surface area (Å²) < 4.78 is 5.86. The summed E-state index contributed by atoms with van der Waals surface area (Å²) in [6, 6.07) is 8.58. The Balaban J connectivity index is 1.47. The molecule has 0 aliphatic carbocycles. The first kappa shape index (κ1) is 19.3. The topological polar surface area (TPSA) is 24.5 Å². The molecule has 3 nitrogen and oxygen atoms in total. The zero-order valence-electron chi connectivity index (χ0n) is 15.9. The van der Waals surface area contributed by atoms with Crippen molar-refractivity contribution in [3.05, 3.63) is 29.8 Å². The molecule has 1 N–H and O–H groups in total. The molecule has 1 aliphatic rings. The molecule has 1 fully saturated rings. The van der Waals surface area contributed by atoms with Gasteiger partial charge in [-0.25, -0.2) is 0 Å². The van der Waals surface area contributed by atoms with Crippen molar-refractivity contribution in [2.45, 2.75) is 58.3 Å². The number of nitrogens with one attached hydrogen (secondary N) is 1. The summed E-state index contributed by atoms with van der Waals surface area (Å²) in [6.07, 6.45) is 6.47. The summed E-state index contributed by atoms with van der Waals surface area (Å²) in [7, 11) is 0. The fraction of sp³-hybridized carbons (Fsp3) is 0.714. The smallest absolute Gasteiger partial charge is 0.119 e. The molecule has 0 atom stereocenters. The lowest BCUT2D eigenvalue weighted by molar-refractivity contribution is 0.235. The van der Waals surface area contributed by atoms with Crippen molar-refractivity contribution in [3.63, 3.8) is 0 Å². The van der Waals surface area contributed by atoms with Crippen molar-refractivity contribution in [2.75, 3.05) is 39.3 Å². The van der Waals surface area contributed by atoms with Crippen LogP contribution >= 0.6 is 0 Å². The Bertz CT molecular complexity index is 444. The van der Waals surface area contributed by atoms with E-state index in [-0.39, 0.29) is 5.41 Å². The van der Waals surface area contributed by atoms with Crippen molar-refractivity contribution in [1.82, 2.24) is 10.2 Å². The second kappa shape index (κ2) is 10.0. The van der Waals surface area contributed by atoms with E-state index in [4.69, 9.17) is 4.74 Å². The fourth-order valence-electron chi connectivity index (χ4n) is 3.14. The molecular weight excluding hydrogens is 296 g/mol. The average Bonchev–Trinajstić information content (AvgIpc) is 2.58. The van der Waals surface area contributed by atoms with Gasteiger partial charge in [0.2, 0.25) is 0 Å². The van der Waals surface area contributed by atoms with Gasteiger partial charge >= 0.3 is 0 Å². The zero-order valence-corrected chi connectivity index (χ0v) is 15.9. The molecule has 1 heterocycles. The van der Waals surface area contributed by atoms with Crippen LogP contribution in [0.4, 0.5) is 0 Å². The van der Waals surface area contributed by atoms with Crippen LogP contribution in [-0.2, 0) is 5.41 Å². The van der Waals surface area contributed by atoms with Gasteiger partial charge in [0.25, 0.3) is 0 Å². The van der Waals surface area contributed by atoms with Crippen LogP contribution in [0.1, 0.15) is 58.4 Å². The molecule has 136 valence electrons. The number of rotatable bonds is 9. The van der Waals surface area contributed by atoms with E-state index in [9.17, 15) is 0 Å². The van der Waals surface area contributed by atoms with Gasteiger partial charge in [-0.3, -0.25) is 0 Å². The molecule has 1 aromatic rings. The second-order valence-electron chi connectivity index (χ2n) is 7.98. The Morgan fingerprint density at radius 1 is 0.917 bits per heavy atom. The normalized spacial score (nSPS) is 16.3. The zero-order chi connectivity index (χ0) is 17.3. The van der Waals surface area contributed by atoms with Crippen LogP contribution in [0.2, 0.25) is 0 Å². The molecular formula is C21H36N2O. The lowest BCUT2D eigenvalue weighted by atomic mass is 9.87. The number of unbranched alkanes of at least 4 members (excludes halogenated alkanes) is 4. The standard InChI is InChI=1S/C21H36N2O/c1-21(2,3)19-9-11-20(12-10-19)24-18-8-6-4-5-7-15-23-16-13-22-14-17-23/h9-12,22H,4-8,13-18H2,1-3H3. The number of benzene rings is 1. The average molecular weight is 333 g/mol. The molecule has 0 spiro atoms. The van der Waals surface area contributed by atoms with Gasteiger partial charge in [-0.1, -0.05) is 52.2 Å². The van der Waals surface area contributed by atoms with Gasteiger partial charge in [0.15, 0.2) is 0 Å². The highest BCUT2D eigenvalue weighted by Gasteiger charge is 2.12. The van der Waals surface area contributed by atoms with Crippen LogP contribution < -0.4 is 10.1 Å². The summed E-state index contributed by atoms with van der Waals surface area (Å²) >= 11 is 0. The molecule has 1 aromatic carbocycles. The monoisotopic (exact) mass is 332 g/mol. The van der Waals surface area contributed by atoms with E-state index in [1.165, 1.54) is 50.9 Å². The van der Waals surface area contributed by atoms with E-state index in [2.05, 4.69) is 55.3 Å². The molecule has 3 heteroatoms. The van der Waals surface area contributed by atoms with Crippen molar-refractivity contribution in [3.8, 4) is 5.75 Å². The summed E-state index contributed by atoms with van der Waals surface area (Å²) in [5, 5.41) is 3.41. The van der Waals surface area contributed by atoms with Gasteiger partial charge in [0.05, 0.1) is 6.61 Å². The quantitative estimate of drug-likeness (QED) is 0.685. The van der Waals surface area contributed by atoms with Gasteiger partial charge in [0.1, 0.15) is 5.75 Å². The van der Waals surface area contributed by atoms with Gasteiger partial charge in [-0.15, -0.1) is 0 Å². The van der Waals surface area contributed by atoms with Crippen LogP contribution in [0.15, 0.2) is 24.3 Å². The first-order valence-corrected chi connectivity index (χ1v) is 9.72. The predicted octanol–water partition coefficient (Wildman–Crippen LogP) is 4.22. The van der Waals surface area contributed by atoms with Crippen LogP contribution in [0.3, 0.4) is 0 Å². The third-order valence-corrected chi connectivity index (χ3v) is 4.82. The Morgan fingerprint density at radius 2 is 1.54 bits per heavy atom. The molecule has 0 aromatic heterocycles. The van der Waals surface area contributed by atoms with Crippen LogP contribution in [-0.4, -0.2) is 44.2 Å². The van der Waals surface area contributed by atoms with Crippen molar-refractivity contribution >= 4 is 0 Å². The second-order valence-corrected chi connectivity index (χ2v) is 7.98. The molecule has 0 saturated carbocycles. The Labute approximate surface area is 148 Å². The van der Waals surface area contributed by atoms with Gasteiger partial charge < -0.3 is 15.0 Å². The summed E-state index contributed by atoms with van der Waals surface area (Å²) in [5.74, 6) is 1.00. The predicted molar refractivity (Wildman–Crippen MR) is 103 cm³/mol. The van der Waals surface area contributed by atoms with Crippen LogP contribution in [0, 0.1) is 0 Å². The highest BCUT2D eigenvalue weighted by Crippen LogP contribution is 2.24. The minimum Gasteiger partial charge on any atom is -0.494 e. The fourth-order valence-corrected chi connectivity index (χ4v) is 3.14. The first-order valence-electron chi connectivity index (χ1n) is 9.72. The van der Waals surface area contributed by atoms with Gasteiger partial charge in [0, 0.05) is 26.2 Å². The third-order valence-electron chi connectivity index (χ3n) is 4.82. The molecule has 0 bridgehead atoms. The SMILES string of the molecule is CC(C)(C)c1ccc(OCCCCCCCN2CCNCC2)cc1. The van der Waals surface area contributed by atoms with E-state index in [1.54, 1.807) is 0 Å². The summed E-state index contributed by atoms with van der Waals surface area (Å²) in [4.78, 5) is 2.58. The van der Waals surface area contributed by atoms with Gasteiger partial charge in [-0.2, -0.15) is 0 Å². The van der Waals surface area contributed by atoms with Crippen molar-refractivity contribution in [1.29, 1.82) is 0 Å². The number of ether oxygens (including phenoxy) is 1. The number of nitrogens with zero attached hydrogens (tertiary/aromatic N) is 1. The molecule has 0 radical (unpaired) electrons. The third kappa shape index (κ3) is 7.23. The maximum atomic E-state index is 5.86. The highest BCUT2D eigenvalue weighted by molar-refractivity contribution is 5.31. The van der Waals surface area contributed by atoms with E-state index in [1.807, 2.05) is 0 Å². The van der Waals surface area contributed by atoms with E-state index in [0.717, 1.165) is 31.9 Å². The summed E-state index contributed by atoms with van der Waals surface area (Å²) in [6.45, 7) is 13.6. The maximum absolute atomic E-state index is 5.86. The molecule has 1 aliphatic heterocycles. The number of piperazine rings is 1. The van der Waals surface area contributed by atoms with Crippen molar-refractivity contribution < 1.29 is 4.74 Å². The summed E-state index contributed by atoms with van der Waals surface area (Å²) in [5.41, 5.74) is 1.57. The maximum Gasteiger partial charge on any atom is 0.119 e. The Morgan fingerprint density at radius 3 is 2.21 bits per heavy atom. The molecule has 1 saturated heterocycles. The lowest BCUT2D eigenvalue weighted by Gasteiger charge is -2.27. The number of hydrogen-bond acceptors (Lipinski definition) is 3. The Kier molecular flexibility index (Phi) is 8.07. The highest BCUT2D eigenvalue weighted by atomic mass is 16.5. The van der Waals surface area contributed by atoms with Gasteiger partial charge in [-0.05, 0) is 42.5 Å². The van der Waals surface area contributed by atoms with Crippen LogP contribution in [0.5, 0.6) is 5.75 Å². The minimum absolute atomic E-state index is 0.212. The Hall–Kier alpha value is -1.06. The van der Waals surface area contributed by atoms with Crippen LogP contribution in [0.25, 0.3) is 0 Å². The van der Waals surface area contributed by atoms with Crippen molar-refractivity contribution in [2.24, 2.45) is 0 Å². The first-order chi connectivity index (χ1) is 11.6. The molecule has 24 heavy (non-hydrogen) atoms. The number of hydrogen-bond donors (Lipinski definition) is 1. The van der Waals surface area contributed by atoms with E-state index in [0.29, 0.717) is 0 Å². The molecule has 0 unspecified atom stereocenters. The van der Waals surface area contributed by atoms with E-state index < -0.39 is 0 Å². The van der Waals surface area contributed by atoms with E-state index >= 15 is 0 Å². The largest absolute Gasteiger partial charge is 0.494 e. The minimum atomic E-state index is 0.212. The molecule has 2 rings (SSSR count). The molecule has 0 amide bonds.